The van der Waals surface area contributed by atoms with Gasteiger partial charge in [0.15, 0.2) is 11.6 Å². The van der Waals surface area contributed by atoms with Crippen LogP contribution < -0.4 is 10.5 Å². The van der Waals surface area contributed by atoms with Crippen molar-refractivity contribution in [3.05, 3.63) is 72.1 Å². The number of benzene rings is 1. The van der Waals surface area contributed by atoms with Crippen molar-refractivity contribution < 1.29 is 22.3 Å². The minimum absolute atomic E-state index is 0.0217. The number of halogens is 4. The average molecular weight is 420 g/mol. The highest BCUT2D eigenvalue weighted by Gasteiger charge is 2.32. The average Bonchev–Trinajstić information content (AvgIpc) is 3.17. The molecule has 0 aliphatic heterocycles. The number of aromatic nitrogens is 3. The largest absolute Gasteiger partial charge is 0.573 e. The number of ether oxygens (including phenoxy) is 1. The molecular formula is C21H20F4N4O. The van der Waals surface area contributed by atoms with Crippen LogP contribution in [0.25, 0.3) is 17.1 Å². The van der Waals surface area contributed by atoms with Crippen LogP contribution in [0.15, 0.2) is 55.1 Å². The van der Waals surface area contributed by atoms with Gasteiger partial charge >= 0.3 is 6.36 Å². The van der Waals surface area contributed by atoms with Crippen LogP contribution in [0.3, 0.4) is 0 Å². The van der Waals surface area contributed by atoms with E-state index >= 15 is 0 Å². The van der Waals surface area contributed by atoms with Crippen molar-refractivity contribution in [3.63, 3.8) is 0 Å². The van der Waals surface area contributed by atoms with E-state index in [0.29, 0.717) is 17.1 Å². The zero-order chi connectivity index (χ0) is 21.7. The van der Waals surface area contributed by atoms with Gasteiger partial charge < -0.3 is 15.0 Å². The number of hydrogen-bond acceptors (Lipinski definition) is 4. The van der Waals surface area contributed by atoms with Crippen LogP contribution in [0.5, 0.6) is 5.75 Å². The number of rotatable bonds is 7. The SMILES string of the molecule is CCC/C=C(\N)c1ccnc(-c2cn(Cc3cccc(OC(F)(F)F)c3F)cn2)c1. The molecule has 5 nitrogen and oxygen atoms in total. The zero-order valence-electron chi connectivity index (χ0n) is 16.2. The van der Waals surface area contributed by atoms with Crippen molar-refractivity contribution in [2.45, 2.75) is 32.7 Å². The number of hydrogen-bond donors (Lipinski definition) is 1. The molecule has 0 atom stereocenters. The molecule has 158 valence electrons. The quantitative estimate of drug-likeness (QED) is 0.538. The Morgan fingerprint density at radius 3 is 2.73 bits per heavy atom. The molecule has 0 spiro atoms. The normalized spacial score (nSPS) is 12.2. The fraction of sp³-hybridized carbons (Fsp3) is 0.238. The van der Waals surface area contributed by atoms with Crippen LogP contribution in [0, 0.1) is 5.82 Å². The monoisotopic (exact) mass is 420 g/mol. The van der Waals surface area contributed by atoms with Gasteiger partial charge in [-0.2, -0.15) is 0 Å². The maximum absolute atomic E-state index is 14.4. The van der Waals surface area contributed by atoms with Crippen LogP contribution >= 0.6 is 0 Å². The van der Waals surface area contributed by atoms with Crippen LogP contribution in [-0.4, -0.2) is 20.9 Å². The molecule has 2 heterocycles. The van der Waals surface area contributed by atoms with Crippen molar-refractivity contribution in [1.82, 2.24) is 14.5 Å². The van der Waals surface area contributed by atoms with E-state index in [1.54, 1.807) is 29.1 Å². The molecule has 0 aliphatic rings. The van der Waals surface area contributed by atoms with Crippen molar-refractivity contribution in [3.8, 4) is 17.1 Å². The third kappa shape index (κ3) is 5.37. The molecule has 0 unspecified atom stereocenters. The highest BCUT2D eigenvalue weighted by molar-refractivity contribution is 5.67. The number of nitrogens with zero attached hydrogens (tertiary/aromatic N) is 3. The fourth-order valence-corrected chi connectivity index (χ4v) is 2.83. The molecule has 0 fully saturated rings. The molecule has 3 rings (SSSR count). The lowest BCUT2D eigenvalue weighted by Gasteiger charge is -2.12. The lowest BCUT2D eigenvalue weighted by atomic mass is 10.1. The lowest BCUT2D eigenvalue weighted by molar-refractivity contribution is -0.275. The Kier molecular flexibility index (Phi) is 6.39. The van der Waals surface area contributed by atoms with Crippen molar-refractivity contribution in [1.29, 1.82) is 0 Å². The molecule has 0 aliphatic carbocycles. The molecule has 3 aromatic rings. The van der Waals surface area contributed by atoms with Gasteiger partial charge in [0.25, 0.3) is 0 Å². The van der Waals surface area contributed by atoms with E-state index < -0.39 is 17.9 Å². The first kappa shape index (κ1) is 21.4. The van der Waals surface area contributed by atoms with Crippen molar-refractivity contribution in [2.24, 2.45) is 5.73 Å². The van der Waals surface area contributed by atoms with Gasteiger partial charge in [0.1, 0.15) is 5.69 Å². The Bertz CT molecular complexity index is 1040. The summed E-state index contributed by atoms with van der Waals surface area (Å²) in [5, 5.41) is 0. The van der Waals surface area contributed by atoms with Gasteiger partial charge in [-0.1, -0.05) is 31.6 Å². The number of pyridine rings is 1. The summed E-state index contributed by atoms with van der Waals surface area (Å²) in [7, 11) is 0. The highest BCUT2D eigenvalue weighted by Crippen LogP contribution is 2.28. The molecule has 30 heavy (non-hydrogen) atoms. The Morgan fingerprint density at radius 2 is 2.00 bits per heavy atom. The first-order valence-electron chi connectivity index (χ1n) is 9.24. The van der Waals surface area contributed by atoms with Gasteiger partial charge in [0.2, 0.25) is 0 Å². The van der Waals surface area contributed by atoms with E-state index in [1.807, 2.05) is 6.08 Å². The van der Waals surface area contributed by atoms with E-state index in [9.17, 15) is 17.6 Å². The number of unbranched alkanes of at least 4 members (excludes halogenated alkanes) is 1. The van der Waals surface area contributed by atoms with Gasteiger partial charge in [-0.25, -0.2) is 9.37 Å². The predicted octanol–water partition coefficient (Wildman–Crippen LogP) is 5.13. The van der Waals surface area contributed by atoms with Crippen LogP contribution in [0.1, 0.15) is 30.9 Å². The fourth-order valence-electron chi connectivity index (χ4n) is 2.83. The van der Waals surface area contributed by atoms with Gasteiger partial charge in [-0.15, -0.1) is 13.2 Å². The summed E-state index contributed by atoms with van der Waals surface area (Å²) >= 11 is 0. The topological polar surface area (TPSA) is 66.0 Å². The van der Waals surface area contributed by atoms with E-state index in [1.165, 1.54) is 18.5 Å². The molecule has 2 N–H and O–H groups in total. The number of alkyl halides is 3. The Morgan fingerprint density at radius 1 is 1.20 bits per heavy atom. The third-order valence-electron chi connectivity index (χ3n) is 4.26. The van der Waals surface area contributed by atoms with Crippen molar-refractivity contribution in [2.75, 3.05) is 0 Å². The second-order valence-electron chi connectivity index (χ2n) is 6.59. The molecule has 0 amide bonds. The maximum Gasteiger partial charge on any atom is 0.573 e. The van der Waals surface area contributed by atoms with Gasteiger partial charge in [-0.3, -0.25) is 4.98 Å². The second kappa shape index (κ2) is 8.98. The number of nitrogens with two attached hydrogens (primary N) is 1. The van der Waals surface area contributed by atoms with Gasteiger partial charge in [0, 0.05) is 29.2 Å². The van der Waals surface area contributed by atoms with Crippen LogP contribution in [-0.2, 0) is 6.54 Å². The Balaban J connectivity index is 1.81. The molecule has 0 saturated heterocycles. The summed E-state index contributed by atoms with van der Waals surface area (Å²) in [5.41, 5.74) is 8.68. The minimum atomic E-state index is -4.97. The molecule has 2 aromatic heterocycles. The summed E-state index contributed by atoms with van der Waals surface area (Å²) in [6.45, 7) is 2.04. The first-order valence-corrected chi connectivity index (χ1v) is 9.24. The molecule has 9 heteroatoms. The molecule has 1 aromatic carbocycles. The first-order chi connectivity index (χ1) is 14.3. The standard InChI is InChI=1S/C21H20F4N4O/c1-2-3-6-16(26)14-8-9-27-17(10-14)18-12-29(13-28-18)11-15-5-4-7-19(20(15)22)30-21(23,24)25/h4-10,12-13H,2-3,11,26H2,1H3/b16-6-. The highest BCUT2D eigenvalue weighted by atomic mass is 19.4. The Hall–Kier alpha value is -3.36. The Labute approximate surface area is 170 Å². The number of imidazole rings is 1. The predicted molar refractivity (Wildman–Crippen MR) is 105 cm³/mol. The van der Waals surface area contributed by atoms with Gasteiger partial charge in [-0.05, 0) is 24.6 Å². The summed E-state index contributed by atoms with van der Waals surface area (Å²) < 4.78 is 56.9. The second-order valence-corrected chi connectivity index (χ2v) is 6.59. The lowest BCUT2D eigenvalue weighted by Crippen LogP contribution is -2.18. The van der Waals surface area contributed by atoms with Crippen LogP contribution in [0.4, 0.5) is 17.6 Å². The molecule has 0 saturated carbocycles. The number of allylic oxidation sites excluding steroid dienone is 1. The van der Waals surface area contributed by atoms with Gasteiger partial charge in [0.05, 0.1) is 18.6 Å². The van der Waals surface area contributed by atoms with Crippen LogP contribution in [0.2, 0.25) is 0 Å². The van der Waals surface area contributed by atoms with Crippen molar-refractivity contribution >= 4 is 5.70 Å². The van der Waals surface area contributed by atoms with E-state index in [0.717, 1.165) is 24.5 Å². The smallest absolute Gasteiger partial charge is 0.403 e. The molecule has 0 radical (unpaired) electrons. The summed E-state index contributed by atoms with van der Waals surface area (Å²) in [6, 6.07) is 7.21. The zero-order valence-corrected chi connectivity index (χ0v) is 16.2. The third-order valence-corrected chi connectivity index (χ3v) is 4.26. The minimum Gasteiger partial charge on any atom is -0.403 e. The summed E-state index contributed by atoms with van der Waals surface area (Å²) in [6.07, 6.45) is 3.53. The van der Waals surface area contributed by atoms with E-state index in [-0.39, 0.29) is 12.1 Å². The van der Waals surface area contributed by atoms with E-state index in [4.69, 9.17) is 5.73 Å². The summed E-state index contributed by atoms with van der Waals surface area (Å²) in [5.74, 6) is -1.94. The molecular weight excluding hydrogens is 400 g/mol. The van der Waals surface area contributed by atoms with E-state index in [2.05, 4.69) is 21.6 Å². The maximum atomic E-state index is 14.4. The molecule has 0 bridgehead atoms. The summed E-state index contributed by atoms with van der Waals surface area (Å²) in [4.78, 5) is 8.55.